The molecule has 0 fully saturated rings. The molecule has 0 saturated heterocycles. The Bertz CT molecular complexity index is 5290. The third-order valence-corrected chi connectivity index (χ3v) is 10.0. The van der Waals surface area contributed by atoms with Crippen LogP contribution in [0.2, 0.25) is 0 Å². The first-order valence-electron chi connectivity index (χ1n) is 37.6. The summed E-state index contributed by atoms with van der Waals surface area (Å²) in [7, 11) is 0. The van der Waals surface area contributed by atoms with Crippen molar-refractivity contribution in [3.63, 3.8) is 0 Å². The first-order chi connectivity index (χ1) is 45.4. The van der Waals surface area contributed by atoms with Crippen molar-refractivity contribution in [3.05, 3.63) is 197 Å². The molecule has 10 aromatic rings. The van der Waals surface area contributed by atoms with E-state index in [1.807, 2.05) is 0 Å². The van der Waals surface area contributed by atoms with Crippen LogP contribution >= 0.6 is 0 Å². The van der Waals surface area contributed by atoms with Gasteiger partial charge in [0.1, 0.15) is 11.2 Å². The molecule has 0 saturated carbocycles. The lowest BCUT2D eigenvalue weighted by Gasteiger charge is -2.29. The highest BCUT2D eigenvalue weighted by molar-refractivity contribution is 6.20. The van der Waals surface area contributed by atoms with Gasteiger partial charge in [-0.25, -0.2) is 0 Å². The highest BCUT2D eigenvalue weighted by Gasteiger charge is 2.37. The first kappa shape index (κ1) is 12.1. The molecule has 1 heterocycles. The summed E-state index contributed by atoms with van der Waals surface area (Å²) in [6.45, 7) is -16.7. The van der Waals surface area contributed by atoms with E-state index in [1.165, 1.54) is 0 Å². The Morgan fingerprint density at radius 1 is 0.414 bits per heavy atom. The van der Waals surface area contributed by atoms with Crippen molar-refractivity contribution in [3.8, 4) is 33.4 Å². The average molecular weight is 785 g/mol. The van der Waals surface area contributed by atoms with E-state index >= 15 is 0 Å². The number of hydrogen-bond acceptors (Lipinski definition) is 2. The zero-order valence-electron chi connectivity index (χ0n) is 69.9. The molecule has 12 rings (SSSR count). The predicted molar refractivity (Wildman–Crippen MR) is 244 cm³/mol. The highest BCUT2D eigenvalue weighted by atomic mass is 16.3. The number of fused-ring (bicyclic) bond motifs is 12. The summed E-state index contributed by atoms with van der Waals surface area (Å²) in [6.07, 6.45) is 0. The summed E-state index contributed by atoms with van der Waals surface area (Å²) in [5.74, 6) is 0. The highest BCUT2D eigenvalue weighted by Crippen LogP contribution is 2.53. The molecule has 2 aliphatic rings. The van der Waals surface area contributed by atoms with Crippen molar-refractivity contribution in [2.24, 2.45) is 0 Å². The molecule has 0 unspecified atom stereocenters. The maximum Gasteiger partial charge on any atom is 0.143 e. The third kappa shape index (κ3) is 4.60. The van der Waals surface area contributed by atoms with Crippen LogP contribution in [-0.2, 0) is 10.8 Å². The lowest BCUT2D eigenvalue weighted by molar-refractivity contribution is 0.660. The summed E-state index contributed by atoms with van der Waals surface area (Å²) < 4.78 is 385. The Morgan fingerprint density at radius 2 is 0.966 bits per heavy atom. The minimum Gasteiger partial charge on any atom is -0.455 e. The van der Waals surface area contributed by atoms with E-state index < -0.39 is 330 Å². The number of rotatable bonds is 4. The van der Waals surface area contributed by atoms with Crippen LogP contribution in [0.3, 0.4) is 0 Å². The number of anilines is 3. The van der Waals surface area contributed by atoms with Crippen molar-refractivity contribution in [1.82, 2.24) is 0 Å². The van der Waals surface area contributed by atoms with E-state index in [-0.39, 0.29) is 4.90 Å². The van der Waals surface area contributed by atoms with Gasteiger partial charge >= 0.3 is 0 Å². The summed E-state index contributed by atoms with van der Waals surface area (Å²) in [5, 5.41) is -5.00. The number of nitrogens with zero attached hydrogens (tertiary/aromatic N) is 1. The Labute approximate surface area is 396 Å². The van der Waals surface area contributed by atoms with Gasteiger partial charge in [-0.05, 0) is 126 Å². The molecule has 0 amide bonds. The van der Waals surface area contributed by atoms with Gasteiger partial charge in [0.05, 0.1) is 39.8 Å². The Morgan fingerprint density at radius 3 is 1.64 bits per heavy atom. The second-order valence-corrected chi connectivity index (χ2v) is 13.3. The van der Waals surface area contributed by atoms with Crippen LogP contribution in [0.25, 0.3) is 76.9 Å². The van der Waals surface area contributed by atoms with Crippen molar-refractivity contribution in [1.29, 1.82) is 0 Å². The molecule has 2 nitrogen and oxygen atoms in total. The molecule has 0 aliphatic heterocycles. The van der Waals surface area contributed by atoms with Crippen LogP contribution in [0.1, 0.15) is 106 Å². The van der Waals surface area contributed by atoms with Gasteiger partial charge in [0.15, 0.2) is 0 Å². The van der Waals surface area contributed by atoms with Crippen LogP contribution in [0.5, 0.6) is 0 Å². The molecular weight excluding hydrogens is 703 g/mol. The molecule has 2 heteroatoms. The Hall–Kier alpha value is -6.90. The van der Waals surface area contributed by atoms with E-state index in [2.05, 4.69) is 0 Å². The van der Waals surface area contributed by atoms with Gasteiger partial charge in [-0.3, -0.25) is 0 Å². The lowest BCUT2D eigenvalue weighted by Crippen LogP contribution is -2.18. The molecule has 0 N–H and O–H groups in total. The van der Waals surface area contributed by atoms with Gasteiger partial charge in [-0.15, -0.1) is 0 Å². The van der Waals surface area contributed by atoms with Crippen molar-refractivity contribution < 1.29 is 60.6 Å². The van der Waals surface area contributed by atoms with Crippen LogP contribution in [-0.4, -0.2) is 0 Å². The van der Waals surface area contributed by atoms with E-state index in [1.54, 1.807) is 0 Å². The van der Waals surface area contributed by atoms with E-state index in [0.717, 1.165) is 0 Å². The minimum absolute atomic E-state index is 0.0288. The maximum atomic E-state index is 10.4. The second-order valence-electron chi connectivity index (χ2n) is 13.3. The average Bonchev–Trinajstić information content (AvgIpc) is 1.51. The first-order valence-corrected chi connectivity index (χ1v) is 17.1. The van der Waals surface area contributed by atoms with Crippen LogP contribution < -0.4 is 4.90 Å². The van der Waals surface area contributed by atoms with Gasteiger partial charge in [-0.1, -0.05) is 148 Å². The Balaban J connectivity index is 1.38. The predicted octanol–water partition coefficient (Wildman–Crippen LogP) is 15.6. The molecule has 0 radical (unpaired) electrons. The topological polar surface area (TPSA) is 16.4 Å². The second kappa shape index (κ2) is 11.8. The van der Waals surface area contributed by atoms with Crippen molar-refractivity contribution in [2.75, 3.05) is 4.90 Å². The monoisotopic (exact) mass is 785 g/mol. The molecule has 2 aliphatic carbocycles. The normalized spacial score (nSPS) is 25.4. The minimum atomic E-state index is -4.18. The summed E-state index contributed by atoms with van der Waals surface area (Å²) >= 11 is 0. The smallest absolute Gasteiger partial charge is 0.143 e. The Kier molecular flexibility index (Phi) is 2.46. The molecule has 58 heavy (non-hydrogen) atoms. The van der Waals surface area contributed by atoms with E-state index in [4.69, 9.17) is 41.4 Å². The fourth-order valence-electron chi connectivity index (χ4n) is 7.36. The maximum absolute atomic E-state index is 10.4. The van der Waals surface area contributed by atoms with Crippen LogP contribution in [0, 0.1) is 0 Å². The molecule has 9 aromatic carbocycles. The zero-order chi connectivity index (χ0) is 74.2. The molecule has 0 spiro atoms. The number of furan rings is 1. The van der Waals surface area contributed by atoms with Gasteiger partial charge in [-0.2, -0.15) is 0 Å². The SMILES string of the molecule is [2H]c1c([2H])c([2H])c2c(c1[2H])-c1c([2H])c([2H])c(N(c3c([2H])c([2H])c4c(c3[2H])C(C([2H])([2H])[2H])(C([2H])([2H])[2H])c3c([2H])c([2H])c([2H])c([2H])c3-4)c3c([2H])c([2H])c4oc5c6c([2H])c([2H])c([2H])c([2H])c6c(-c6c([2H])c([2H])c7c([2H])c([2H])c([2H])c([2H])c7c6[2H])c([2H])c5c4c3[2H])c([2H])c1C2(C([2H])([2H])[2H])C([2H])([2H])[2H]. The molecule has 0 atom stereocenters. The standard InChI is InChI=1S/C56H41NO/c1-55(2)49-19-11-9-16-41(49)43-26-23-38(31-51(43)55)57(39-24-27-44-42-17-10-12-20-50(42)56(3,4)52(44)32-39)37-25-28-53-47(30-37)48-33-46(40-15-7-8-18-45(40)54(48)58-53)36-22-21-34-13-5-6-14-35(34)29-36/h5-33H,1-4H3/i1D3,2D3,3D3,4D3,5D,6D,7D,8D,9D,10D,11D,12D,13D,14D,15D,16D,17D,18D,19D,20D,21D,22D,23D,24D,25D,26D,27D,28D,29D,30D,31D,32D,33D. The fraction of sp³-hybridized carbons (Fsp3) is 0.107. The molecule has 0 bridgehead atoms. The largest absolute Gasteiger partial charge is 0.455 e. The van der Waals surface area contributed by atoms with Gasteiger partial charge < -0.3 is 9.32 Å². The lowest BCUT2D eigenvalue weighted by atomic mass is 9.82. The van der Waals surface area contributed by atoms with Crippen molar-refractivity contribution in [2.45, 2.75) is 38.2 Å². The van der Waals surface area contributed by atoms with Gasteiger partial charge in [0.25, 0.3) is 0 Å². The molecule has 1 aromatic heterocycles. The fourth-order valence-corrected chi connectivity index (χ4v) is 7.36. The molecule has 276 valence electrons. The van der Waals surface area contributed by atoms with Crippen LogP contribution in [0.15, 0.2) is 180 Å². The zero-order valence-corrected chi connectivity index (χ0v) is 28.9. The van der Waals surface area contributed by atoms with Gasteiger partial charge in [0.2, 0.25) is 0 Å². The molecular formula is C56H41NO. The third-order valence-electron chi connectivity index (χ3n) is 10.0. The van der Waals surface area contributed by atoms with Crippen molar-refractivity contribution >= 4 is 60.5 Å². The van der Waals surface area contributed by atoms with Crippen LogP contribution in [0.4, 0.5) is 17.1 Å². The van der Waals surface area contributed by atoms with E-state index in [9.17, 15) is 19.2 Å². The summed E-state index contributed by atoms with van der Waals surface area (Å²) in [6, 6.07) is -36.2. The van der Waals surface area contributed by atoms with E-state index in [0.29, 0.717) is 0 Å². The summed E-state index contributed by atoms with van der Waals surface area (Å²) in [4.78, 5) is 0.0288. The number of benzene rings is 9. The summed E-state index contributed by atoms with van der Waals surface area (Å²) in [5.41, 5.74) is -26.3. The number of hydrogen-bond donors (Lipinski definition) is 0. The quantitative estimate of drug-likeness (QED) is 0.177. The van der Waals surface area contributed by atoms with Gasteiger partial charge in [0, 0.05) is 60.5 Å².